The van der Waals surface area contributed by atoms with Crippen LogP contribution in [0.1, 0.15) is 43.4 Å². The Morgan fingerprint density at radius 3 is 2.86 bits per heavy atom. The van der Waals surface area contributed by atoms with Crippen molar-refractivity contribution >= 4 is 17.8 Å². The largest absolute Gasteiger partial charge is 0.392 e. The van der Waals surface area contributed by atoms with Crippen LogP contribution in [0, 0.1) is 16.7 Å². The zero-order chi connectivity index (χ0) is 19.7. The molecule has 1 aromatic carbocycles. The number of aliphatic hydroxyl groups is 1. The van der Waals surface area contributed by atoms with Crippen LogP contribution >= 0.6 is 0 Å². The molecule has 0 amide bonds. The van der Waals surface area contributed by atoms with Crippen LogP contribution in [-0.2, 0) is 6.42 Å². The van der Waals surface area contributed by atoms with Gasteiger partial charge >= 0.3 is 0 Å². The van der Waals surface area contributed by atoms with E-state index in [1.54, 1.807) is 6.20 Å². The lowest BCUT2D eigenvalue weighted by atomic mass is 9.64. The predicted molar refractivity (Wildman–Crippen MR) is 110 cm³/mol. The lowest BCUT2D eigenvalue weighted by Crippen LogP contribution is -2.57. The van der Waals surface area contributed by atoms with E-state index in [4.69, 9.17) is 0 Å². The number of hydrogen-bond acceptors (Lipinski definition) is 6. The maximum Gasteiger partial charge on any atom is 0.224 e. The van der Waals surface area contributed by atoms with Crippen molar-refractivity contribution in [3.05, 3.63) is 52.7 Å². The van der Waals surface area contributed by atoms with Crippen LogP contribution in [0.25, 0.3) is 6.08 Å². The van der Waals surface area contributed by atoms with Gasteiger partial charge in [-0.3, -0.25) is 0 Å². The van der Waals surface area contributed by atoms with Crippen molar-refractivity contribution in [3.63, 3.8) is 0 Å². The molecule has 2 atom stereocenters. The van der Waals surface area contributed by atoms with E-state index in [1.165, 1.54) is 16.7 Å². The van der Waals surface area contributed by atoms with Gasteiger partial charge in [0, 0.05) is 18.0 Å². The molecule has 1 fully saturated rings. The van der Waals surface area contributed by atoms with Crippen LogP contribution in [0.4, 0.5) is 11.8 Å². The minimum absolute atomic E-state index is 0.0829. The van der Waals surface area contributed by atoms with Crippen molar-refractivity contribution in [2.24, 2.45) is 5.41 Å². The highest BCUT2D eigenvalue weighted by Gasteiger charge is 2.47. The predicted octanol–water partition coefficient (Wildman–Crippen LogP) is 3.36. The molecule has 0 spiro atoms. The van der Waals surface area contributed by atoms with Crippen LogP contribution < -0.4 is 10.6 Å². The summed E-state index contributed by atoms with van der Waals surface area (Å²) < 4.78 is 0. The van der Waals surface area contributed by atoms with E-state index in [1.807, 2.05) is 13.8 Å². The molecule has 0 unspecified atom stereocenters. The Labute approximate surface area is 165 Å². The van der Waals surface area contributed by atoms with Crippen molar-refractivity contribution in [2.75, 3.05) is 17.2 Å². The number of nitrogens with zero attached hydrogens (tertiary/aromatic N) is 3. The summed E-state index contributed by atoms with van der Waals surface area (Å²) in [6.45, 7) is 4.76. The number of aromatic nitrogens is 2. The Hall–Kier alpha value is -2.91. The highest BCUT2D eigenvalue weighted by Crippen LogP contribution is 2.42. The molecule has 0 aliphatic heterocycles. The molecule has 28 heavy (non-hydrogen) atoms. The molecule has 0 bridgehead atoms. The van der Waals surface area contributed by atoms with Crippen molar-refractivity contribution in [1.29, 1.82) is 5.26 Å². The second kappa shape index (κ2) is 7.25. The Bertz CT molecular complexity index is 960. The lowest BCUT2D eigenvalue weighted by molar-refractivity contribution is -0.0511. The van der Waals surface area contributed by atoms with Gasteiger partial charge in [0.05, 0.1) is 12.3 Å². The van der Waals surface area contributed by atoms with Crippen molar-refractivity contribution in [1.82, 2.24) is 9.97 Å². The van der Waals surface area contributed by atoms with Gasteiger partial charge in [0.15, 0.2) is 0 Å². The topological polar surface area (TPSA) is 93.9 Å². The van der Waals surface area contributed by atoms with Crippen LogP contribution in [0.15, 0.2) is 36.0 Å². The quantitative estimate of drug-likeness (QED) is 0.717. The minimum atomic E-state index is -0.334. The first-order valence-electron chi connectivity index (χ1n) is 9.70. The monoisotopic (exact) mass is 375 g/mol. The number of aliphatic hydroxyl groups excluding tert-OH is 1. The molecule has 6 heteroatoms. The number of benzene rings is 1. The summed E-state index contributed by atoms with van der Waals surface area (Å²) in [5.41, 5.74) is 4.25. The maximum absolute atomic E-state index is 9.93. The highest BCUT2D eigenvalue weighted by molar-refractivity contribution is 5.63. The van der Waals surface area contributed by atoms with Crippen LogP contribution in [0.3, 0.4) is 0 Å². The van der Waals surface area contributed by atoms with Gasteiger partial charge in [0.25, 0.3) is 0 Å². The first-order valence-corrected chi connectivity index (χ1v) is 9.70. The third-order valence-corrected chi connectivity index (χ3v) is 6.00. The Morgan fingerprint density at radius 1 is 1.32 bits per heavy atom. The van der Waals surface area contributed by atoms with E-state index in [0.717, 1.165) is 19.4 Å². The summed E-state index contributed by atoms with van der Waals surface area (Å²) in [6.07, 6.45) is 6.04. The molecule has 0 radical (unpaired) electrons. The second-order valence-electron chi connectivity index (χ2n) is 8.19. The Balaban J connectivity index is 1.37. The van der Waals surface area contributed by atoms with Gasteiger partial charge in [-0.05, 0) is 30.4 Å². The molecule has 2 aliphatic rings. The highest BCUT2D eigenvalue weighted by atomic mass is 16.3. The van der Waals surface area contributed by atoms with Crippen LogP contribution in [0.5, 0.6) is 0 Å². The van der Waals surface area contributed by atoms with Gasteiger partial charge < -0.3 is 15.7 Å². The Kier molecular flexibility index (Phi) is 4.78. The van der Waals surface area contributed by atoms with Gasteiger partial charge in [-0.25, -0.2) is 4.98 Å². The molecule has 0 saturated heterocycles. The zero-order valence-corrected chi connectivity index (χ0v) is 16.2. The molecule has 3 N–H and O–H groups in total. The summed E-state index contributed by atoms with van der Waals surface area (Å²) in [6, 6.07) is 10.7. The van der Waals surface area contributed by atoms with E-state index in [2.05, 4.69) is 57.0 Å². The summed E-state index contributed by atoms with van der Waals surface area (Å²) in [7, 11) is 0. The summed E-state index contributed by atoms with van der Waals surface area (Å²) in [5, 5.41) is 25.9. The summed E-state index contributed by atoms with van der Waals surface area (Å²) in [5.74, 6) is 1.03. The minimum Gasteiger partial charge on any atom is -0.392 e. The van der Waals surface area contributed by atoms with E-state index in [0.29, 0.717) is 23.8 Å². The first-order chi connectivity index (χ1) is 13.5. The molecule has 1 aromatic heterocycles. The average Bonchev–Trinajstić information content (AvgIpc) is 3.11. The van der Waals surface area contributed by atoms with Gasteiger partial charge in [0.1, 0.15) is 17.5 Å². The van der Waals surface area contributed by atoms with E-state index in [9.17, 15) is 10.4 Å². The van der Waals surface area contributed by atoms with Crippen molar-refractivity contribution < 1.29 is 5.11 Å². The maximum atomic E-state index is 9.93. The number of rotatable bonds is 6. The SMILES string of the molecule is CC1(C)[C@@H](O)C[C@H]1Nc1nc(NCCC2=Cc3ccccc3C2)ncc1C#N. The molecule has 4 rings (SSSR count). The van der Waals surface area contributed by atoms with Crippen LogP contribution in [-0.4, -0.2) is 33.8 Å². The smallest absolute Gasteiger partial charge is 0.224 e. The first kappa shape index (κ1) is 18.5. The number of hydrogen-bond donors (Lipinski definition) is 3. The number of fused-ring (bicyclic) bond motifs is 1. The van der Waals surface area contributed by atoms with Gasteiger partial charge in [-0.15, -0.1) is 0 Å². The van der Waals surface area contributed by atoms with E-state index >= 15 is 0 Å². The molecule has 1 heterocycles. The molecule has 6 nitrogen and oxygen atoms in total. The average molecular weight is 375 g/mol. The molecular formula is C22H25N5O. The van der Waals surface area contributed by atoms with Crippen LogP contribution in [0.2, 0.25) is 0 Å². The lowest BCUT2D eigenvalue weighted by Gasteiger charge is -2.49. The van der Waals surface area contributed by atoms with Crippen molar-refractivity contribution in [3.8, 4) is 6.07 Å². The van der Waals surface area contributed by atoms with Gasteiger partial charge in [0.2, 0.25) is 5.95 Å². The molecule has 2 aromatic rings. The molecule has 1 saturated carbocycles. The Morgan fingerprint density at radius 2 is 2.14 bits per heavy atom. The zero-order valence-electron chi connectivity index (χ0n) is 16.2. The third-order valence-electron chi connectivity index (χ3n) is 6.00. The standard InChI is InChI=1S/C22H25N5O/c1-22(2)18(11-19(22)28)26-20-17(12-23)13-25-21(27-20)24-8-7-14-9-15-5-3-4-6-16(15)10-14/h3-6,9,13,18-19,28H,7-8,10-11H2,1-2H3,(H2,24,25,26,27)/t18-,19+/m1/s1. The number of nitriles is 1. The fraction of sp³-hybridized carbons (Fsp3) is 0.409. The fourth-order valence-corrected chi connectivity index (χ4v) is 3.82. The third kappa shape index (κ3) is 3.46. The van der Waals surface area contributed by atoms with Gasteiger partial charge in [-0.2, -0.15) is 10.2 Å². The fourth-order valence-electron chi connectivity index (χ4n) is 3.82. The van der Waals surface area contributed by atoms with E-state index in [-0.39, 0.29) is 17.6 Å². The number of anilines is 2. The molecule has 2 aliphatic carbocycles. The second-order valence-corrected chi connectivity index (χ2v) is 8.19. The number of nitrogens with one attached hydrogen (secondary N) is 2. The normalized spacial score (nSPS) is 21.9. The molecular weight excluding hydrogens is 350 g/mol. The molecule has 144 valence electrons. The van der Waals surface area contributed by atoms with E-state index < -0.39 is 0 Å². The summed E-state index contributed by atoms with van der Waals surface area (Å²) in [4.78, 5) is 8.77. The summed E-state index contributed by atoms with van der Waals surface area (Å²) >= 11 is 0. The van der Waals surface area contributed by atoms with Gasteiger partial charge in [-0.1, -0.05) is 49.8 Å². The van der Waals surface area contributed by atoms with Crippen molar-refractivity contribution in [2.45, 2.75) is 45.3 Å².